The summed E-state index contributed by atoms with van der Waals surface area (Å²) in [4.78, 5) is 4.97. The molecule has 3 nitrogen and oxygen atoms in total. The summed E-state index contributed by atoms with van der Waals surface area (Å²) < 4.78 is 2.64. The van der Waals surface area contributed by atoms with Gasteiger partial charge in [-0.15, -0.1) is 11.3 Å². The van der Waals surface area contributed by atoms with Gasteiger partial charge in [0.05, 0.1) is 11.4 Å². The van der Waals surface area contributed by atoms with E-state index in [1.165, 1.54) is 87.4 Å². The normalized spacial score (nSPS) is 14.2. The monoisotopic (exact) mass is 691 g/mol. The molecule has 0 spiro atoms. The number of fused-ring (bicyclic) bond motifs is 6. The summed E-state index contributed by atoms with van der Waals surface area (Å²) >= 11 is 1.88. The van der Waals surface area contributed by atoms with E-state index >= 15 is 0 Å². The highest BCUT2D eigenvalue weighted by Crippen LogP contribution is 2.50. The summed E-state index contributed by atoms with van der Waals surface area (Å²) in [5.74, 6) is 0. The minimum atomic E-state index is 0.757. The number of nitrogens with zero attached hydrogens (tertiary/aromatic N) is 2. The maximum atomic E-state index is 3.56. The van der Waals surface area contributed by atoms with Crippen molar-refractivity contribution in [3.05, 3.63) is 167 Å². The standard InChI is InChI=1S/C48H41N3S/c1-31-19-22-36(23-20-31)50-27-11-16-38-40(41-28-32(2)21-24-43(41)50)29-35(49-4)30-45(38)51(44-17-9-7-14-37(44)34-12-5-6-13-34)42-25-26-47-48(33(42)3)39-15-8-10-18-46(39)52-47/h5-12,14-26,28-30,49H,13,27H2,1-4H3/b16-11+. The van der Waals surface area contributed by atoms with Crippen molar-refractivity contribution in [1.29, 1.82) is 0 Å². The Morgan fingerprint density at radius 3 is 2.31 bits per heavy atom. The van der Waals surface area contributed by atoms with Crippen LogP contribution in [0.2, 0.25) is 0 Å². The minimum Gasteiger partial charge on any atom is -0.388 e. The molecule has 2 heterocycles. The van der Waals surface area contributed by atoms with Gasteiger partial charge in [-0.05, 0) is 105 Å². The Hall–Kier alpha value is -5.84. The number of thiophene rings is 1. The first-order valence-corrected chi connectivity index (χ1v) is 18.9. The fraction of sp³-hybridized carbons (Fsp3) is 0.125. The van der Waals surface area contributed by atoms with Crippen LogP contribution in [0.25, 0.3) is 42.9 Å². The zero-order valence-corrected chi connectivity index (χ0v) is 30.9. The van der Waals surface area contributed by atoms with Gasteiger partial charge in [-0.2, -0.15) is 0 Å². The number of para-hydroxylation sites is 1. The molecule has 4 heteroatoms. The van der Waals surface area contributed by atoms with Crippen molar-refractivity contribution in [3.8, 4) is 11.1 Å². The molecule has 1 aromatic heterocycles. The zero-order chi connectivity index (χ0) is 35.3. The number of allylic oxidation sites excluding steroid dienone is 4. The van der Waals surface area contributed by atoms with E-state index in [1.54, 1.807) is 0 Å². The smallest absolute Gasteiger partial charge is 0.0561 e. The van der Waals surface area contributed by atoms with Gasteiger partial charge in [0.1, 0.15) is 0 Å². The lowest BCUT2D eigenvalue weighted by Gasteiger charge is -2.34. The summed E-state index contributed by atoms with van der Waals surface area (Å²) in [6, 6.07) is 42.9. The van der Waals surface area contributed by atoms with E-state index in [4.69, 9.17) is 0 Å². The van der Waals surface area contributed by atoms with Crippen molar-refractivity contribution in [3.63, 3.8) is 0 Å². The van der Waals surface area contributed by atoms with Crippen LogP contribution < -0.4 is 15.1 Å². The second-order valence-electron chi connectivity index (χ2n) is 13.9. The Morgan fingerprint density at radius 2 is 1.48 bits per heavy atom. The fourth-order valence-electron chi connectivity index (χ4n) is 8.00. The molecule has 1 aliphatic carbocycles. The number of hydrogen-bond acceptors (Lipinski definition) is 4. The predicted octanol–water partition coefficient (Wildman–Crippen LogP) is 13.7. The van der Waals surface area contributed by atoms with E-state index in [0.29, 0.717) is 0 Å². The molecule has 0 saturated carbocycles. The summed E-state index contributed by atoms with van der Waals surface area (Å²) in [5.41, 5.74) is 17.0. The molecule has 0 bridgehead atoms. The van der Waals surface area contributed by atoms with Crippen LogP contribution in [0.5, 0.6) is 0 Å². The quantitative estimate of drug-likeness (QED) is 0.187. The highest BCUT2D eigenvalue weighted by molar-refractivity contribution is 7.25. The third-order valence-electron chi connectivity index (χ3n) is 10.6. The Morgan fingerprint density at radius 1 is 0.673 bits per heavy atom. The highest BCUT2D eigenvalue weighted by Gasteiger charge is 2.27. The molecule has 0 unspecified atom stereocenters. The fourth-order valence-corrected chi connectivity index (χ4v) is 9.17. The van der Waals surface area contributed by atoms with Gasteiger partial charge in [0, 0.05) is 73.2 Å². The molecule has 6 aromatic carbocycles. The molecular weight excluding hydrogens is 651 g/mol. The van der Waals surface area contributed by atoms with Crippen LogP contribution in [-0.4, -0.2) is 13.6 Å². The first-order chi connectivity index (χ1) is 25.5. The lowest BCUT2D eigenvalue weighted by Crippen LogP contribution is -2.20. The van der Waals surface area contributed by atoms with Crippen LogP contribution in [0.3, 0.4) is 0 Å². The first kappa shape index (κ1) is 32.1. The van der Waals surface area contributed by atoms with Crippen molar-refractivity contribution in [1.82, 2.24) is 0 Å². The van der Waals surface area contributed by atoms with Gasteiger partial charge >= 0.3 is 0 Å². The van der Waals surface area contributed by atoms with Crippen LogP contribution in [0.4, 0.5) is 34.1 Å². The lowest BCUT2D eigenvalue weighted by atomic mass is 9.91. The van der Waals surface area contributed by atoms with Crippen LogP contribution in [0, 0.1) is 20.8 Å². The highest BCUT2D eigenvalue weighted by atomic mass is 32.1. The van der Waals surface area contributed by atoms with Gasteiger partial charge in [0.15, 0.2) is 0 Å². The van der Waals surface area contributed by atoms with Crippen LogP contribution in [0.1, 0.15) is 34.2 Å². The zero-order valence-electron chi connectivity index (χ0n) is 30.1. The molecule has 0 radical (unpaired) electrons. The minimum absolute atomic E-state index is 0.757. The second kappa shape index (κ2) is 13.0. The molecule has 9 rings (SSSR count). The SMILES string of the molecule is CNc1cc2c(c(N(c3ccccc3C3=CC=CC3)c3ccc4sc5ccccc5c4c3C)c1)/C=C/CN(c1ccc(C)cc1)c1ccc(C)cc1-2. The van der Waals surface area contributed by atoms with Crippen molar-refractivity contribution >= 4 is 77.3 Å². The number of benzene rings is 6. The molecule has 1 N–H and O–H groups in total. The van der Waals surface area contributed by atoms with E-state index in [1.807, 2.05) is 18.4 Å². The molecule has 0 saturated heterocycles. The van der Waals surface area contributed by atoms with Gasteiger partial charge in [0.25, 0.3) is 0 Å². The molecule has 0 fully saturated rings. The largest absolute Gasteiger partial charge is 0.388 e. The molecule has 254 valence electrons. The molecule has 0 atom stereocenters. The number of hydrogen-bond donors (Lipinski definition) is 1. The van der Waals surface area contributed by atoms with E-state index in [-0.39, 0.29) is 0 Å². The molecule has 52 heavy (non-hydrogen) atoms. The number of nitrogens with one attached hydrogen (secondary N) is 1. The van der Waals surface area contributed by atoms with E-state index in [2.05, 4.69) is 182 Å². The molecular formula is C48H41N3S. The van der Waals surface area contributed by atoms with Crippen molar-refractivity contribution < 1.29 is 0 Å². The third-order valence-corrected chi connectivity index (χ3v) is 11.8. The van der Waals surface area contributed by atoms with Gasteiger partial charge in [0.2, 0.25) is 0 Å². The Labute approximate surface area is 310 Å². The summed E-state index contributed by atoms with van der Waals surface area (Å²) in [7, 11) is 2.03. The Bertz CT molecular complexity index is 2600. The number of aryl methyl sites for hydroxylation is 3. The van der Waals surface area contributed by atoms with Gasteiger partial charge in [-0.1, -0.05) is 96.1 Å². The lowest BCUT2D eigenvalue weighted by molar-refractivity contribution is 1.09. The topological polar surface area (TPSA) is 18.5 Å². The maximum absolute atomic E-state index is 3.56. The summed E-state index contributed by atoms with van der Waals surface area (Å²) in [5, 5.41) is 6.21. The Balaban J connectivity index is 1.35. The van der Waals surface area contributed by atoms with Crippen LogP contribution >= 0.6 is 11.3 Å². The summed E-state index contributed by atoms with van der Waals surface area (Å²) in [6.45, 7) is 7.41. The van der Waals surface area contributed by atoms with E-state index in [0.717, 1.165) is 24.3 Å². The van der Waals surface area contributed by atoms with Gasteiger partial charge in [-0.25, -0.2) is 0 Å². The number of anilines is 6. The predicted molar refractivity (Wildman–Crippen MR) is 227 cm³/mol. The average molecular weight is 692 g/mol. The first-order valence-electron chi connectivity index (χ1n) is 18.1. The van der Waals surface area contributed by atoms with Crippen LogP contribution in [-0.2, 0) is 0 Å². The summed E-state index contributed by atoms with van der Waals surface area (Å²) in [6.07, 6.45) is 12.3. The van der Waals surface area contributed by atoms with E-state index < -0.39 is 0 Å². The molecule has 1 aliphatic heterocycles. The molecule has 7 aromatic rings. The van der Waals surface area contributed by atoms with Crippen molar-refractivity contribution in [2.45, 2.75) is 27.2 Å². The van der Waals surface area contributed by atoms with Gasteiger partial charge in [-0.3, -0.25) is 0 Å². The van der Waals surface area contributed by atoms with Gasteiger partial charge < -0.3 is 15.1 Å². The van der Waals surface area contributed by atoms with Crippen molar-refractivity contribution in [2.24, 2.45) is 0 Å². The molecule has 0 amide bonds. The second-order valence-corrected chi connectivity index (χ2v) is 15.0. The Kier molecular flexibility index (Phi) is 8.05. The maximum Gasteiger partial charge on any atom is 0.0561 e. The van der Waals surface area contributed by atoms with Crippen molar-refractivity contribution in [2.75, 3.05) is 28.7 Å². The third kappa shape index (κ3) is 5.42. The van der Waals surface area contributed by atoms with Crippen LogP contribution in [0.15, 0.2) is 140 Å². The molecule has 2 aliphatic rings. The van der Waals surface area contributed by atoms with E-state index in [9.17, 15) is 0 Å². The average Bonchev–Trinajstić information content (AvgIpc) is 3.84. The number of rotatable bonds is 6.